The van der Waals surface area contributed by atoms with Gasteiger partial charge >= 0.3 is 5.97 Å². The molecule has 1 heterocycles. The molecule has 2 amide bonds. The molecule has 0 spiro atoms. The van der Waals surface area contributed by atoms with Crippen molar-refractivity contribution >= 4 is 17.8 Å². The maximum absolute atomic E-state index is 14.6. The summed E-state index contributed by atoms with van der Waals surface area (Å²) >= 11 is 0. The predicted octanol–water partition coefficient (Wildman–Crippen LogP) is 9.70. The predicted molar refractivity (Wildman–Crippen MR) is 257 cm³/mol. The van der Waals surface area contributed by atoms with Crippen LogP contribution in [0.15, 0.2) is 54.6 Å². The number of ether oxygens (including phenoxy) is 3. The molecule has 3 aromatic rings. The highest BCUT2D eigenvalue weighted by Crippen LogP contribution is 2.42. The molecular formula is C52H78N6O6. The lowest BCUT2D eigenvalue weighted by molar-refractivity contribution is -0.162. The minimum atomic E-state index is -1.42. The zero-order chi connectivity index (χ0) is 46.8. The molecule has 2 fully saturated rings. The molecule has 64 heavy (non-hydrogen) atoms. The molecule has 12 heteroatoms. The molecule has 2 aliphatic carbocycles. The number of hydrogen-bond donors (Lipinski definition) is 1. The Morgan fingerprint density at radius 1 is 0.906 bits per heavy atom. The lowest BCUT2D eigenvalue weighted by atomic mass is 9.72. The van der Waals surface area contributed by atoms with Gasteiger partial charge in [0.25, 0.3) is 11.8 Å². The Morgan fingerprint density at radius 2 is 1.55 bits per heavy atom. The van der Waals surface area contributed by atoms with Crippen LogP contribution in [0.5, 0.6) is 11.5 Å². The number of benzene rings is 2. The highest BCUT2D eigenvalue weighted by atomic mass is 16.6. The third-order valence-corrected chi connectivity index (χ3v) is 13.3. The van der Waals surface area contributed by atoms with E-state index in [1.165, 1.54) is 38.5 Å². The molecule has 0 bridgehead atoms. The van der Waals surface area contributed by atoms with Gasteiger partial charge in [-0.1, -0.05) is 65.5 Å². The summed E-state index contributed by atoms with van der Waals surface area (Å²) in [6.07, 6.45) is 12.8. The molecule has 1 aromatic heterocycles. The number of rotatable bonds is 19. The minimum Gasteiger partial charge on any atom is -0.496 e. The molecule has 1 N–H and O–H groups in total. The Morgan fingerprint density at radius 3 is 2.12 bits per heavy atom. The van der Waals surface area contributed by atoms with E-state index in [2.05, 4.69) is 56.6 Å². The van der Waals surface area contributed by atoms with E-state index in [9.17, 15) is 14.4 Å². The smallest absolute Gasteiger partial charge is 0.336 e. The Bertz CT molecular complexity index is 2040. The molecule has 0 saturated heterocycles. The summed E-state index contributed by atoms with van der Waals surface area (Å²) in [6, 6.07) is 13.6. The average Bonchev–Trinajstić information content (AvgIpc) is 3.51. The fraction of sp³-hybridized carbons (Fsp3) is 0.615. The maximum atomic E-state index is 14.6. The van der Waals surface area contributed by atoms with E-state index in [1.54, 1.807) is 29.9 Å². The fourth-order valence-corrected chi connectivity index (χ4v) is 9.43. The van der Waals surface area contributed by atoms with Crippen LogP contribution in [0.4, 0.5) is 0 Å². The van der Waals surface area contributed by atoms with Crippen LogP contribution in [0.1, 0.15) is 151 Å². The summed E-state index contributed by atoms with van der Waals surface area (Å²) in [4.78, 5) is 49.4. The van der Waals surface area contributed by atoms with Gasteiger partial charge in [-0.3, -0.25) is 9.59 Å². The van der Waals surface area contributed by atoms with Crippen LogP contribution in [0.25, 0.3) is 16.9 Å². The number of esters is 1. The van der Waals surface area contributed by atoms with E-state index in [1.807, 2.05) is 64.2 Å². The number of hydrogen-bond acceptors (Lipinski definition) is 9. The van der Waals surface area contributed by atoms with Gasteiger partial charge in [-0.2, -0.15) is 5.10 Å². The van der Waals surface area contributed by atoms with Gasteiger partial charge in [0, 0.05) is 25.2 Å². The van der Waals surface area contributed by atoms with E-state index in [0.717, 1.165) is 56.9 Å². The molecule has 2 aliphatic rings. The van der Waals surface area contributed by atoms with Gasteiger partial charge in [-0.25, -0.2) is 9.48 Å². The molecule has 0 radical (unpaired) electrons. The summed E-state index contributed by atoms with van der Waals surface area (Å²) < 4.78 is 19.4. The summed E-state index contributed by atoms with van der Waals surface area (Å²) in [7, 11) is 9.50. The highest BCUT2D eigenvalue weighted by Gasteiger charge is 2.48. The summed E-state index contributed by atoms with van der Waals surface area (Å²) in [6.45, 7) is 19.8. The van der Waals surface area contributed by atoms with Crippen LogP contribution in [0, 0.1) is 5.92 Å². The van der Waals surface area contributed by atoms with Gasteiger partial charge in [-0.05, 0) is 159 Å². The van der Waals surface area contributed by atoms with E-state index in [-0.39, 0.29) is 17.5 Å². The first-order valence-electron chi connectivity index (χ1n) is 23.8. The van der Waals surface area contributed by atoms with E-state index in [0.29, 0.717) is 64.9 Å². The lowest BCUT2D eigenvalue weighted by Gasteiger charge is -2.41. The monoisotopic (exact) mass is 883 g/mol. The Hall–Kier alpha value is -4.68. The van der Waals surface area contributed by atoms with Crippen molar-refractivity contribution in [2.45, 2.75) is 142 Å². The number of methoxy groups -OCH3 is 2. The van der Waals surface area contributed by atoms with E-state index >= 15 is 0 Å². The normalized spacial score (nSPS) is 18.6. The van der Waals surface area contributed by atoms with E-state index < -0.39 is 23.0 Å². The third-order valence-electron chi connectivity index (χ3n) is 13.3. The van der Waals surface area contributed by atoms with Crippen molar-refractivity contribution in [2.75, 3.05) is 61.5 Å². The number of nitrogens with zero attached hydrogens (tertiary/aromatic N) is 5. The van der Waals surface area contributed by atoms with Gasteiger partial charge in [0.15, 0.2) is 11.2 Å². The number of aromatic nitrogens is 2. The van der Waals surface area contributed by atoms with Crippen molar-refractivity contribution in [2.24, 2.45) is 5.92 Å². The largest absolute Gasteiger partial charge is 0.496 e. The van der Waals surface area contributed by atoms with Crippen molar-refractivity contribution in [3.8, 4) is 28.4 Å². The highest BCUT2D eigenvalue weighted by molar-refractivity contribution is 6.00. The number of carbonyl (C=O) groups is 3. The molecule has 2 unspecified atom stereocenters. The van der Waals surface area contributed by atoms with Crippen molar-refractivity contribution in [1.82, 2.24) is 29.8 Å². The zero-order valence-corrected chi connectivity index (χ0v) is 41.0. The van der Waals surface area contributed by atoms with Gasteiger partial charge < -0.3 is 34.2 Å². The van der Waals surface area contributed by atoms with Gasteiger partial charge in [-0.15, -0.1) is 0 Å². The Kier molecular flexibility index (Phi) is 17.7. The van der Waals surface area contributed by atoms with Gasteiger partial charge in [0.1, 0.15) is 17.1 Å². The van der Waals surface area contributed by atoms with Crippen molar-refractivity contribution in [3.05, 3.63) is 71.4 Å². The number of carbonyl (C=O) groups excluding carboxylic acids is 3. The molecule has 352 valence electrons. The standard InChI is InChI=1S/C52H78N6O6/c1-13-38-27-28-52(37(4)33-38,50(61)64-51(5,6)7)53-48(59)42-35-44(47-45(62-11)23-18-24-46(47)63-12)58(54-42)43-26-25-39(34-41(43)36(2)3)49(60)57(10)32-20-30-55(8)29-19-31-56(9)40-21-16-14-15-17-22-40/h18,23-26,34-36,38,40H,4,13-17,19-22,27-33H2,1-3,5-12H3,(H,53,59). The Balaban J connectivity index is 1.40. The maximum Gasteiger partial charge on any atom is 0.336 e. The van der Waals surface area contributed by atoms with Crippen molar-refractivity contribution in [3.63, 3.8) is 0 Å². The molecule has 2 saturated carbocycles. The molecule has 5 rings (SSSR count). The Labute approximate surface area is 384 Å². The first-order chi connectivity index (χ1) is 30.4. The quantitative estimate of drug-likeness (QED) is 0.0714. The van der Waals surface area contributed by atoms with Crippen LogP contribution in [-0.4, -0.2) is 121 Å². The summed E-state index contributed by atoms with van der Waals surface area (Å²) in [5, 5.41) is 8.06. The second-order valence-corrected chi connectivity index (χ2v) is 19.6. The molecule has 2 atom stereocenters. The molecule has 0 aliphatic heterocycles. The minimum absolute atomic E-state index is 0.0234. The van der Waals surface area contributed by atoms with Crippen LogP contribution < -0.4 is 14.8 Å². The van der Waals surface area contributed by atoms with E-state index in [4.69, 9.17) is 19.3 Å². The molecular weight excluding hydrogens is 805 g/mol. The van der Waals surface area contributed by atoms with Gasteiger partial charge in [0.2, 0.25) is 0 Å². The van der Waals surface area contributed by atoms with Crippen LogP contribution in [0.2, 0.25) is 0 Å². The fourth-order valence-electron chi connectivity index (χ4n) is 9.43. The van der Waals surface area contributed by atoms with Crippen molar-refractivity contribution in [1.29, 1.82) is 0 Å². The first kappa shape index (κ1) is 50.3. The zero-order valence-electron chi connectivity index (χ0n) is 41.0. The summed E-state index contributed by atoms with van der Waals surface area (Å²) in [5.74, 6) is 0.262. The number of nitrogens with one attached hydrogen (secondary N) is 1. The lowest BCUT2D eigenvalue weighted by Crippen LogP contribution is -2.59. The topological polar surface area (TPSA) is 118 Å². The van der Waals surface area contributed by atoms with Gasteiger partial charge in [0.05, 0.1) is 31.2 Å². The second kappa shape index (κ2) is 22.5. The molecule has 2 aromatic carbocycles. The average molecular weight is 883 g/mol. The first-order valence-corrected chi connectivity index (χ1v) is 23.8. The van der Waals surface area contributed by atoms with Crippen LogP contribution >= 0.6 is 0 Å². The number of amides is 2. The second-order valence-electron chi connectivity index (χ2n) is 19.6. The third kappa shape index (κ3) is 12.4. The van der Waals surface area contributed by atoms with Crippen LogP contribution in [-0.2, 0) is 9.53 Å². The SMILES string of the molecule is C=C1CC(CC)CCC1(NC(=O)c1cc(-c2c(OC)cccc2OC)n(-c2ccc(C(=O)N(C)CCCN(C)CCCN(C)C3CCCCCC3)cc2C(C)C)n1)C(=O)OC(C)(C)C. The molecule has 12 nitrogen and oxygen atoms in total. The summed E-state index contributed by atoms with van der Waals surface area (Å²) in [5.41, 5.74) is 1.79. The van der Waals surface area contributed by atoms with Crippen LogP contribution in [0.3, 0.4) is 0 Å². The van der Waals surface area contributed by atoms with Crippen molar-refractivity contribution < 1.29 is 28.6 Å².